The van der Waals surface area contributed by atoms with Crippen molar-refractivity contribution in [2.45, 2.75) is 6.61 Å². The van der Waals surface area contributed by atoms with Gasteiger partial charge in [0.15, 0.2) is 0 Å². The molecule has 0 radical (unpaired) electrons. The van der Waals surface area contributed by atoms with Crippen LogP contribution in [0.2, 0.25) is 0 Å². The zero-order chi connectivity index (χ0) is 10.8. The minimum Gasteiger partial charge on any atom is -0.478 e. The number of rotatable bonds is 3. The van der Waals surface area contributed by atoms with Gasteiger partial charge in [-0.05, 0) is 18.2 Å². The summed E-state index contributed by atoms with van der Waals surface area (Å²) in [7, 11) is 1.56. The number of benzene rings is 1. The quantitative estimate of drug-likeness (QED) is 0.836. The Morgan fingerprint density at radius 1 is 1.53 bits per heavy atom. The monoisotopic (exact) mass is 206 g/mol. The summed E-state index contributed by atoms with van der Waals surface area (Å²) < 4.78 is 10.3. The number of furan rings is 1. The smallest absolute Gasteiger partial charge is 0.336 e. The molecule has 0 saturated heterocycles. The molecule has 0 bridgehead atoms. The van der Waals surface area contributed by atoms with Crippen LogP contribution in [-0.4, -0.2) is 18.2 Å². The first-order chi connectivity index (χ1) is 7.22. The lowest BCUT2D eigenvalue weighted by molar-refractivity contribution is 0.0699. The fourth-order valence-electron chi connectivity index (χ4n) is 1.51. The van der Waals surface area contributed by atoms with E-state index in [9.17, 15) is 4.79 Å². The molecule has 4 nitrogen and oxygen atoms in total. The third-order valence-electron chi connectivity index (χ3n) is 2.13. The lowest BCUT2D eigenvalue weighted by atomic mass is 10.1. The molecule has 0 aliphatic heterocycles. The van der Waals surface area contributed by atoms with Gasteiger partial charge < -0.3 is 14.3 Å². The number of ether oxygens (including phenoxy) is 1. The molecule has 0 saturated carbocycles. The van der Waals surface area contributed by atoms with Gasteiger partial charge in [0.1, 0.15) is 18.0 Å². The molecule has 1 aromatic heterocycles. The Morgan fingerprint density at radius 2 is 2.33 bits per heavy atom. The molecule has 4 heteroatoms. The van der Waals surface area contributed by atoms with Crippen LogP contribution in [0.5, 0.6) is 0 Å². The molecule has 15 heavy (non-hydrogen) atoms. The van der Waals surface area contributed by atoms with Gasteiger partial charge in [-0.1, -0.05) is 6.07 Å². The third-order valence-corrected chi connectivity index (χ3v) is 2.13. The molecule has 2 rings (SSSR count). The van der Waals surface area contributed by atoms with Crippen LogP contribution in [-0.2, 0) is 11.3 Å². The van der Waals surface area contributed by atoms with Crippen molar-refractivity contribution < 1.29 is 19.1 Å². The summed E-state index contributed by atoms with van der Waals surface area (Å²) in [6.45, 7) is 0.341. The number of carboxylic acids is 1. The number of carbonyl (C=O) groups is 1. The topological polar surface area (TPSA) is 59.7 Å². The van der Waals surface area contributed by atoms with Gasteiger partial charge in [-0.2, -0.15) is 0 Å². The Labute approximate surface area is 86.1 Å². The number of fused-ring (bicyclic) bond motifs is 1. The number of aromatic carboxylic acids is 1. The maximum atomic E-state index is 10.9. The SMILES string of the molecule is COCc1cc2c(C(=O)O)cccc2o1. The van der Waals surface area contributed by atoms with E-state index in [1.807, 2.05) is 0 Å². The first-order valence-corrected chi connectivity index (χ1v) is 4.46. The van der Waals surface area contributed by atoms with Gasteiger partial charge in [0.25, 0.3) is 0 Å². The van der Waals surface area contributed by atoms with Crippen molar-refractivity contribution in [2.75, 3.05) is 7.11 Å². The van der Waals surface area contributed by atoms with Crippen LogP contribution in [0.3, 0.4) is 0 Å². The van der Waals surface area contributed by atoms with Gasteiger partial charge in [-0.25, -0.2) is 4.79 Å². The average molecular weight is 206 g/mol. The Bertz CT molecular complexity index is 498. The second-order valence-corrected chi connectivity index (χ2v) is 3.17. The highest BCUT2D eigenvalue weighted by Crippen LogP contribution is 2.23. The molecule has 78 valence electrons. The van der Waals surface area contributed by atoms with Crippen molar-refractivity contribution in [3.63, 3.8) is 0 Å². The molecule has 2 aromatic rings. The van der Waals surface area contributed by atoms with Crippen LogP contribution in [0.4, 0.5) is 0 Å². The zero-order valence-corrected chi connectivity index (χ0v) is 8.19. The molecule has 1 heterocycles. The molecule has 0 spiro atoms. The molecule has 1 aromatic carbocycles. The average Bonchev–Trinajstić information content (AvgIpc) is 2.59. The number of carboxylic acid groups (broad SMARTS) is 1. The van der Waals surface area contributed by atoms with Crippen molar-refractivity contribution in [1.29, 1.82) is 0 Å². The van der Waals surface area contributed by atoms with Crippen LogP contribution in [0, 0.1) is 0 Å². The summed E-state index contributed by atoms with van der Waals surface area (Å²) in [5.41, 5.74) is 0.820. The zero-order valence-electron chi connectivity index (χ0n) is 8.19. The number of hydrogen-bond donors (Lipinski definition) is 1. The minimum absolute atomic E-state index is 0.249. The first kappa shape index (κ1) is 9.73. The minimum atomic E-state index is -0.953. The maximum Gasteiger partial charge on any atom is 0.336 e. The summed E-state index contributed by atoms with van der Waals surface area (Å²) in [6, 6.07) is 6.64. The van der Waals surface area contributed by atoms with E-state index in [4.69, 9.17) is 14.3 Å². The molecule has 1 N–H and O–H groups in total. The van der Waals surface area contributed by atoms with E-state index in [1.165, 1.54) is 0 Å². The van der Waals surface area contributed by atoms with Crippen LogP contribution in [0.25, 0.3) is 11.0 Å². The van der Waals surface area contributed by atoms with E-state index in [0.29, 0.717) is 23.3 Å². The largest absolute Gasteiger partial charge is 0.478 e. The third kappa shape index (κ3) is 1.71. The summed E-state index contributed by atoms with van der Waals surface area (Å²) >= 11 is 0. The highest BCUT2D eigenvalue weighted by atomic mass is 16.5. The summed E-state index contributed by atoms with van der Waals surface area (Å²) in [6.07, 6.45) is 0. The van der Waals surface area contributed by atoms with Gasteiger partial charge >= 0.3 is 5.97 Å². The van der Waals surface area contributed by atoms with Crippen LogP contribution >= 0.6 is 0 Å². The predicted molar refractivity (Wildman–Crippen MR) is 53.9 cm³/mol. The molecule has 0 fully saturated rings. The molecule has 0 aliphatic carbocycles. The normalized spacial score (nSPS) is 10.7. The van der Waals surface area contributed by atoms with E-state index in [1.54, 1.807) is 31.4 Å². The van der Waals surface area contributed by atoms with Crippen molar-refractivity contribution in [3.8, 4) is 0 Å². The molecular weight excluding hydrogens is 196 g/mol. The second kappa shape index (κ2) is 3.74. The van der Waals surface area contributed by atoms with E-state index >= 15 is 0 Å². The van der Waals surface area contributed by atoms with Crippen LogP contribution in [0.15, 0.2) is 28.7 Å². The van der Waals surface area contributed by atoms with Crippen molar-refractivity contribution >= 4 is 16.9 Å². The van der Waals surface area contributed by atoms with Crippen LogP contribution in [0.1, 0.15) is 16.1 Å². The molecule has 0 unspecified atom stereocenters. The molecule has 0 aliphatic rings. The van der Waals surface area contributed by atoms with E-state index < -0.39 is 5.97 Å². The highest BCUT2D eigenvalue weighted by Gasteiger charge is 2.11. The Kier molecular flexibility index (Phi) is 2.43. The second-order valence-electron chi connectivity index (χ2n) is 3.17. The van der Waals surface area contributed by atoms with Gasteiger partial charge in [-0.15, -0.1) is 0 Å². The van der Waals surface area contributed by atoms with Gasteiger partial charge in [0.2, 0.25) is 0 Å². The lowest BCUT2D eigenvalue weighted by Gasteiger charge is -1.93. The fraction of sp³-hybridized carbons (Fsp3) is 0.182. The van der Waals surface area contributed by atoms with E-state index in [0.717, 1.165) is 0 Å². The summed E-state index contributed by atoms with van der Waals surface area (Å²) in [5.74, 6) is -0.327. The maximum absolute atomic E-state index is 10.9. The number of hydrogen-bond acceptors (Lipinski definition) is 3. The fourth-order valence-corrected chi connectivity index (χ4v) is 1.51. The summed E-state index contributed by atoms with van der Waals surface area (Å²) in [5, 5.41) is 9.56. The van der Waals surface area contributed by atoms with Crippen molar-refractivity contribution in [1.82, 2.24) is 0 Å². The van der Waals surface area contributed by atoms with Crippen molar-refractivity contribution in [2.24, 2.45) is 0 Å². The first-order valence-electron chi connectivity index (χ1n) is 4.46. The Morgan fingerprint density at radius 3 is 3.00 bits per heavy atom. The standard InChI is InChI=1S/C11H10O4/c1-14-6-7-5-9-8(11(12)13)3-2-4-10(9)15-7/h2-5H,6H2,1H3,(H,12,13). The van der Waals surface area contributed by atoms with E-state index in [-0.39, 0.29) is 5.56 Å². The van der Waals surface area contributed by atoms with Gasteiger partial charge in [0.05, 0.1) is 5.56 Å². The summed E-state index contributed by atoms with van der Waals surface area (Å²) in [4.78, 5) is 10.9. The highest BCUT2D eigenvalue weighted by molar-refractivity contribution is 6.02. The molecule has 0 atom stereocenters. The molecular formula is C11H10O4. The van der Waals surface area contributed by atoms with Crippen molar-refractivity contribution in [3.05, 3.63) is 35.6 Å². The Balaban J connectivity index is 2.59. The van der Waals surface area contributed by atoms with Crippen LogP contribution < -0.4 is 0 Å². The Hall–Kier alpha value is -1.81. The number of methoxy groups -OCH3 is 1. The van der Waals surface area contributed by atoms with Gasteiger partial charge in [0, 0.05) is 12.5 Å². The lowest BCUT2D eigenvalue weighted by Crippen LogP contribution is -1.95. The van der Waals surface area contributed by atoms with E-state index in [2.05, 4.69) is 0 Å². The predicted octanol–water partition coefficient (Wildman–Crippen LogP) is 2.28. The van der Waals surface area contributed by atoms with Gasteiger partial charge in [-0.3, -0.25) is 0 Å². The molecule has 0 amide bonds.